The Morgan fingerprint density at radius 1 is 0.976 bits per heavy atom. The number of hydrogen-bond donors (Lipinski definition) is 2. The van der Waals surface area contributed by atoms with Crippen LogP contribution in [0.1, 0.15) is 29.9 Å². The highest BCUT2D eigenvalue weighted by Crippen LogP contribution is 2.65. The van der Waals surface area contributed by atoms with Crippen molar-refractivity contribution in [2.24, 2.45) is 17.8 Å². The number of amides is 4. The summed E-state index contributed by atoms with van der Waals surface area (Å²) in [4.78, 5) is 53.0. The van der Waals surface area contributed by atoms with E-state index in [0.29, 0.717) is 17.6 Å². The van der Waals surface area contributed by atoms with Crippen LogP contribution in [-0.4, -0.2) is 74.1 Å². The first-order valence-electron chi connectivity index (χ1n) is 13.3. The average molecular weight is 599 g/mol. The number of benzene rings is 2. The lowest BCUT2D eigenvalue weighted by Gasteiger charge is -2.50. The Morgan fingerprint density at radius 2 is 1.68 bits per heavy atom. The molecule has 0 radical (unpaired) electrons. The number of halogens is 2. The van der Waals surface area contributed by atoms with Crippen LogP contribution in [-0.2, 0) is 25.6 Å². The van der Waals surface area contributed by atoms with Crippen LogP contribution in [0.5, 0.6) is 17.2 Å². The number of carbonyl (C=O) groups excluding carboxylic acids is 4. The summed E-state index contributed by atoms with van der Waals surface area (Å²) in [6.07, 6.45) is 2.46. The number of rotatable bonds is 5. The molecule has 3 fully saturated rings. The zero-order valence-corrected chi connectivity index (χ0v) is 23.9. The van der Waals surface area contributed by atoms with E-state index in [1.54, 1.807) is 36.4 Å². The fraction of sp³-hybridized carbons (Fsp3) is 0.400. The van der Waals surface area contributed by atoms with E-state index in [1.165, 1.54) is 25.1 Å². The Hall–Kier alpha value is -3.56. The summed E-state index contributed by atoms with van der Waals surface area (Å²) < 4.78 is 5.31. The maximum Gasteiger partial charge on any atom is 0.253 e. The molecule has 9 nitrogen and oxygen atoms in total. The van der Waals surface area contributed by atoms with Crippen LogP contribution in [0, 0.1) is 17.8 Å². The molecule has 2 N–H and O–H groups in total. The van der Waals surface area contributed by atoms with E-state index < -0.39 is 45.2 Å². The predicted molar refractivity (Wildman–Crippen MR) is 149 cm³/mol. The molecule has 4 amide bonds. The van der Waals surface area contributed by atoms with Crippen molar-refractivity contribution in [2.45, 2.75) is 34.9 Å². The smallest absolute Gasteiger partial charge is 0.253 e. The minimum atomic E-state index is -1.90. The van der Waals surface area contributed by atoms with Crippen molar-refractivity contribution in [3.63, 3.8) is 0 Å². The first kappa shape index (κ1) is 27.6. The van der Waals surface area contributed by atoms with Crippen LogP contribution in [0.25, 0.3) is 0 Å². The molecule has 2 aromatic rings. The topological polar surface area (TPSA) is 124 Å². The number of aromatic hydroxyl groups is 2. The highest BCUT2D eigenvalue weighted by molar-refractivity contribution is 6.53. The van der Waals surface area contributed by atoms with Crippen LogP contribution >= 0.6 is 23.2 Å². The van der Waals surface area contributed by atoms with Crippen molar-refractivity contribution in [3.05, 3.63) is 65.2 Å². The van der Waals surface area contributed by atoms with Gasteiger partial charge in [0.05, 0.1) is 18.9 Å². The lowest BCUT2D eigenvalue weighted by molar-refractivity contribution is -0.141. The first-order valence-corrected chi connectivity index (χ1v) is 14.1. The van der Waals surface area contributed by atoms with Gasteiger partial charge in [0.15, 0.2) is 21.2 Å². The lowest BCUT2D eigenvalue weighted by atomic mass is 9.56. The summed E-state index contributed by atoms with van der Waals surface area (Å²) in [5.74, 6) is -4.72. The number of fused-ring (bicyclic) bond motifs is 4. The van der Waals surface area contributed by atoms with E-state index >= 15 is 0 Å². The van der Waals surface area contributed by atoms with Gasteiger partial charge in [0.2, 0.25) is 11.8 Å². The van der Waals surface area contributed by atoms with Crippen molar-refractivity contribution in [1.82, 2.24) is 9.80 Å². The Bertz CT molecular complexity index is 1530. The molecule has 6 rings (SSSR count). The molecule has 1 saturated carbocycles. The van der Waals surface area contributed by atoms with Crippen LogP contribution < -0.4 is 4.74 Å². The second kappa shape index (κ2) is 9.49. The number of likely N-dealkylation sites (tertiary alicyclic amines) is 2. The molecule has 4 aliphatic rings. The zero-order chi connectivity index (χ0) is 29.4. The van der Waals surface area contributed by atoms with Gasteiger partial charge in [-0.1, -0.05) is 29.8 Å². The second-order valence-corrected chi connectivity index (χ2v) is 12.4. The Morgan fingerprint density at radius 3 is 2.37 bits per heavy atom. The maximum absolute atomic E-state index is 13.9. The third-order valence-corrected chi connectivity index (χ3v) is 10.6. The summed E-state index contributed by atoms with van der Waals surface area (Å²) in [6, 6.07) is 11.1. The van der Waals surface area contributed by atoms with Gasteiger partial charge in [-0.25, -0.2) is 0 Å². The van der Waals surface area contributed by atoms with Gasteiger partial charge < -0.3 is 14.9 Å². The summed E-state index contributed by atoms with van der Waals surface area (Å²) in [6.45, 7) is 0.168. The molecule has 0 aromatic heterocycles. The third kappa shape index (κ3) is 3.74. The van der Waals surface area contributed by atoms with Gasteiger partial charge in [-0.2, -0.15) is 0 Å². The molecule has 0 unspecified atom stereocenters. The van der Waals surface area contributed by atoms with Crippen molar-refractivity contribution in [3.8, 4) is 17.2 Å². The largest absolute Gasteiger partial charge is 0.508 e. The van der Waals surface area contributed by atoms with Gasteiger partial charge in [0.25, 0.3) is 11.8 Å². The zero-order valence-electron chi connectivity index (χ0n) is 22.3. The van der Waals surface area contributed by atoms with E-state index in [-0.39, 0.29) is 48.4 Å². The van der Waals surface area contributed by atoms with Crippen LogP contribution in [0.4, 0.5) is 0 Å². The van der Waals surface area contributed by atoms with Gasteiger partial charge >= 0.3 is 0 Å². The van der Waals surface area contributed by atoms with E-state index in [4.69, 9.17) is 27.9 Å². The fourth-order valence-electron chi connectivity index (χ4n) is 7.18. The van der Waals surface area contributed by atoms with Gasteiger partial charge in [-0.15, -0.1) is 23.2 Å². The number of imide groups is 2. The standard InChI is InChI=1S/C30H28Cl2N2O7/c1-33-27(39)29(31)14-20-18(24(30(29,32)28(33)40)16-5-10-21(36)22(13-16)41-2)8-9-19-23(20)26(38)34(25(19)37)12-11-15-3-6-17(35)7-4-15/h3-8,10,13,19-20,23-24,35-36H,9,11-12,14H2,1-2H3/t19-,20+,23-,24-,29+,30-/m0/s1. The molecule has 0 bridgehead atoms. The predicted octanol–water partition coefficient (Wildman–Crippen LogP) is 3.34. The highest BCUT2D eigenvalue weighted by atomic mass is 35.5. The summed E-state index contributed by atoms with van der Waals surface area (Å²) in [5, 5.41) is 19.8. The summed E-state index contributed by atoms with van der Waals surface area (Å²) in [5.41, 5.74) is 2.02. The van der Waals surface area contributed by atoms with E-state index in [2.05, 4.69) is 0 Å². The highest BCUT2D eigenvalue weighted by Gasteiger charge is 2.75. The van der Waals surface area contributed by atoms with Crippen LogP contribution in [0.3, 0.4) is 0 Å². The molecule has 6 atom stereocenters. The number of phenols is 2. The van der Waals surface area contributed by atoms with Crippen LogP contribution in [0.2, 0.25) is 0 Å². The third-order valence-electron chi connectivity index (χ3n) is 9.20. The van der Waals surface area contributed by atoms with Crippen molar-refractivity contribution >= 4 is 46.8 Å². The minimum Gasteiger partial charge on any atom is -0.508 e. The number of carbonyl (C=O) groups is 4. The first-order chi connectivity index (χ1) is 19.4. The summed E-state index contributed by atoms with van der Waals surface area (Å²) >= 11 is 14.3. The average Bonchev–Trinajstić information content (AvgIpc) is 3.27. The Labute approximate surface area is 246 Å². The van der Waals surface area contributed by atoms with Gasteiger partial charge in [0, 0.05) is 19.5 Å². The van der Waals surface area contributed by atoms with E-state index in [9.17, 15) is 29.4 Å². The van der Waals surface area contributed by atoms with Gasteiger partial charge in [-0.3, -0.25) is 29.0 Å². The molecular weight excluding hydrogens is 571 g/mol. The number of allylic oxidation sites excluding steroid dienone is 2. The van der Waals surface area contributed by atoms with Crippen LogP contribution in [0.15, 0.2) is 54.1 Å². The fourth-order valence-corrected chi connectivity index (χ4v) is 8.20. The monoisotopic (exact) mass is 598 g/mol. The molecule has 2 aliphatic heterocycles. The maximum atomic E-state index is 13.9. The molecule has 2 heterocycles. The summed E-state index contributed by atoms with van der Waals surface area (Å²) in [7, 11) is 2.73. The molecule has 2 saturated heterocycles. The number of hydrogen-bond acceptors (Lipinski definition) is 7. The Kier molecular flexibility index (Phi) is 6.39. The Balaban J connectivity index is 1.41. The molecule has 2 aromatic carbocycles. The number of alkyl halides is 2. The molecule has 11 heteroatoms. The van der Waals surface area contributed by atoms with E-state index in [1.807, 2.05) is 6.08 Å². The van der Waals surface area contributed by atoms with E-state index in [0.717, 1.165) is 10.5 Å². The lowest BCUT2D eigenvalue weighted by Crippen LogP contribution is -2.60. The second-order valence-electron chi connectivity index (χ2n) is 11.2. The van der Waals surface area contributed by atoms with Crippen molar-refractivity contribution in [2.75, 3.05) is 20.7 Å². The SMILES string of the molecule is COc1cc([C@H]2C3=CC[C@@H]4C(=O)N(CCc5ccc(O)cc5)C(=O)[C@@H]4[C@@H]3C[C@@]3(Cl)C(=O)N(C)C(=O)[C@@]23Cl)ccc1O. The van der Waals surface area contributed by atoms with Crippen molar-refractivity contribution < 1.29 is 34.1 Å². The number of nitrogens with zero attached hydrogens (tertiary/aromatic N) is 2. The van der Waals surface area contributed by atoms with Gasteiger partial charge in [0.1, 0.15) is 5.75 Å². The van der Waals surface area contributed by atoms with Crippen molar-refractivity contribution in [1.29, 1.82) is 0 Å². The quantitative estimate of drug-likeness (QED) is 0.307. The normalized spacial score (nSPS) is 32.5. The van der Waals surface area contributed by atoms with Gasteiger partial charge in [-0.05, 0) is 60.6 Å². The minimum absolute atomic E-state index is 0.0868. The number of methoxy groups -OCH3 is 1. The number of phenolic OH excluding ortho intramolecular Hbond substituents is 2. The molecule has 41 heavy (non-hydrogen) atoms. The number of ether oxygens (including phenoxy) is 1. The molecule has 0 spiro atoms. The molecular formula is C30H28Cl2N2O7. The molecule has 214 valence electrons. The molecule has 2 aliphatic carbocycles.